The molecule has 96 valence electrons. The van der Waals surface area contributed by atoms with Gasteiger partial charge in [-0.3, -0.25) is 0 Å². The molecule has 1 saturated heterocycles. The first-order valence-corrected chi connectivity index (χ1v) is 6.17. The van der Waals surface area contributed by atoms with Gasteiger partial charge in [-0.25, -0.2) is 0 Å². The molecule has 1 unspecified atom stereocenters. The van der Waals surface area contributed by atoms with Crippen molar-refractivity contribution in [2.45, 2.75) is 6.42 Å². The summed E-state index contributed by atoms with van der Waals surface area (Å²) in [5.41, 5.74) is 0.639. The lowest BCUT2D eigenvalue weighted by atomic mass is 10.1. The van der Waals surface area contributed by atoms with Crippen LogP contribution in [0.2, 0.25) is 0 Å². The summed E-state index contributed by atoms with van der Waals surface area (Å²) in [6.45, 7) is 3.53. The zero-order valence-corrected chi connectivity index (χ0v) is 10.3. The van der Waals surface area contributed by atoms with E-state index in [2.05, 4.69) is 6.07 Å². The molecule has 1 aliphatic heterocycles. The molecular formula is C14H17NO3. The van der Waals surface area contributed by atoms with Gasteiger partial charge < -0.3 is 14.2 Å². The van der Waals surface area contributed by atoms with Crippen LogP contribution in [0.4, 0.5) is 0 Å². The third-order valence-electron chi connectivity index (χ3n) is 2.86. The first-order chi connectivity index (χ1) is 8.88. The molecule has 1 fully saturated rings. The maximum atomic E-state index is 8.66. The summed E-state index contributed by atoms with van der Waals surface area (Å²) in [6.07, 6.45) is 1.09. The zero-order valence-electron chi connectivity index (χ0n) is 10.3. The van der Waals surface area contributed by atoms with Crippen LogP contribution in [0.5, 0.6) is 5.75 Å². The number of hydrogen-bond donors (Lipinski definition) is 0. The van der Waals surface area contributed by atoms with Gasteiger partial charge in [0.25, 0.3) is 0 Å². The summed E-state index contributed by atoms with van der Waals surface area (Å²) in [5.74, 6) is 1.31. The summed E-state index contributed by atoms with van der Waals surface area (Å²) in [5, 5.41) is 8.66. The second kappa shape index (κ2) is 7.00. The van der Waals surface area contributed by atoms with Crippen LogP contribution < -0.4 is 4.74 Å². The number of hydrogen-bond acceptors (Lipinski definition) is 4. The highest BCUT2D eigenvalue weighted by atomic mass is 16.5. The minimum Gasteiger partial charge on any atom is -0.491 e. The minimum atomic E-state index is 0.527. The number of nitrogens with zero attached hydrogens (tertiary/aromatic N) is 1. The van der Waals surface area contributed by atoms with Gasteiger partial charge in [-0.1, -0.05) is 0 Å². The molecule has 1 aromatic carbocycles. The third kappa shape index (κ3) is 4.02. The van der Waals surface area contributed by atoms with Crippen LogP contribution in [0, 0.1) is 17.2 Å². The fourth-order valence-electron chi connectivity index (χ4n) is 1.81. The highest BCUT2D eigenvalue weighted by Gasteiger charge is 2.15. The van der Waals surface area contributed by atoms with E-state index in [9.17, 15) is 0 Å². The van der Waals surface area contributed by atoms with Crippen molar-refractivity contribution < 1.29 is 14.2 Å². The van der Waals surface area contributed by atoms with Crippen LogP contribution in [0.25, 0.3) is 0 Å². The Morgan fingerprint density at radius 3 is 2.78 bits per heavy atom. The van der Waals surface area contributed by atoms with Crippen molar-refractivity contribution >= 4 is 0 Å². The van der Waals surface area contributed by atoms with E-state index < -0.39 is 0 Å². The molecule has 1 aromatic rings. The molecule has 0 N–H and O–H groups in total. The lowest BCUT2D eigenvalue weighted by Crippen LogP contribution is -2.13. The van der Waals surface area contributed by atoms with E-state index >= 15 is 0 Å². The second-order valence-corrected chi connectivity index (χ2v) is 4.29. The molecule has 1 heterocycles. The Bertz CT molecular complexity index is 390. The molecule has 0 bridgehead atoms. The van der Waals surface area contributed by atoms with Crippen LogP contribution in [0.15, 0.2) is 24.3 Å². The van der Waals surface area contributed by atoms with E-state index in [1.165, 1.54) is 0 Å². The standard InChI is InChI=1S/C14H17NO3/c15-9-12-1-3-14(4-2-12)18-8-7-17-11-13-5-6-16-10-13/h1-4,13H,5-8,10-11H2. The van der Waals surface area contributed by atoms with E-state index in [0.29, 0.717) is 24.7 Å². The van der Waals surface area contributed by atoms with Crippen LogP contribution in [0.1, 0.15) is 12.0 Å². The molecule has 0 saturated carbocycles. The summed E-state index contributed by atoms with van der Waals surface area (Å²) in [6, 6.07) is 9.14. The molecule has 1 aliphatic rings. The van der Waals surface area contributed by atoms with Crippen molar-refractivity contribution in [1.29, 1.82) is 5.26 Å². The van der Waals surface area contributed by atoms with Gasteiger partial charge >= 0.3 is 0 Å². The normalized spacial score (nSPS) is 18.5. The summed E-state index contributed by atoms with van der Waals surface area (Å²) in [7, 11) is 0. The fraction of sp³-hybridized carbons (Fsp3) is 0.500. The van der Waals surface area contributed by atoms with E-state index in [-0.39, 0.29) is 0 Å². The largest absolute Gasteiger partial charge is 0.491 e. The fourth-order valence-corrected chi connectivity index (χ4v) is 1.81. The van der Waals surface area contributed by atoms with Gasteiger partial charge in [0.05, 0.1) is 31.5 Å². The molecule has 1 atom stereocenters. The maximum absolute atomic E-state index is 8.66. The van der Waals surface area contributed by atoms with Crippen LogP contribution >= 0.6 is 0 Å². The zero-order chi connectivity index (χ0) is 12.6. The second-order valence-electron chi connectivity index (χ2n) is 4.29. The van der Waals surface area contributed by atoms with Crippen molar-refractivity contribution in [2.24, 2.45) is 5.92 Å². The predicted octanol–water partition coefficient (Wildman–Crippen LogP) is 1.99. The van der Waals surface area contributed by atoms with Gasteiger partial charge in [0.1, 0.15) is 12.4 Å². The Kier molecular flexibility index (Phi) is 5.00. The molecule has 2 rings (SSSR count). The van der Waals surface area contributed by atoms with E-state index in [0.717, 1.165) is 32.0 Å². The summed E-state index contributed by atoms with van der Waals surface area (Å²) >= 11 is 0. The van der Waals surface area contributed by atoms with Gasteiger partial charge in [0.2, 0.25) is 0 Å². The average molecular weight is 247 g/mol. The first kappa shape index (κ1) is 12.9. The predicted molar refractivity (Wildman–Crippen MR) is 66.4 cm³/mol. The molecule has 4 heteroatoms. The van der Waals surface area contributed by atoms with E-state index in [1.807, 2.05) is 0 Å². The Labute approximate surface area is 107 Å². The van der Waals surface area contributed by atoms with Crippen LogP contribution in [-0.4, -0.2) is 33.0 Å². The highest BCUT2D eigenvalue weighted by molar-refractivity contribution is 5.34. The van der Waals surface area contributed by atoms with Gasteiger partial charge in [0.15, 0.2) is 0 Å². The lowest BCUT2D eigenvalue weighted by Gasteiger charge is -2.09. The smallest absolute Gasteiger partial charge is 0.119 e. The Morgan fingerprint density at radius 2 is 2.11 bits per heavy atom. The van der Waals surface area contributed by atoms with Crippen molar-refractivity contribution in [3.8, 4) is 11.8 Å². The van der Waals surface area contributed by atoms with Crippen LogP contribution in [0.3, 0.4) is 0 Å². The monoisotopic (exact) mass is 247 g/mol. The molecule has 0 amide bonds. The number of nitriles is 1. The van der Waals surface area contributed by atoms with Crippen molar-refractivity contribution in [2.75, 3.05) is 33.0 Å². The van der Waals surface area contributed by atoms with Crippen molar-refractivity contribution in [1.82, 2.24) is 0 Å². The van der Waals surface area contributed by atoms with Gasteiger partial charge in [-0.15, -0.1) is 0 Å². The average Bonchev–Trinajstić information content (AvgIpc) is 2.92. The Balaban J connectivity index is 1.58. The Hall–Kier alpha value is -1.57. The van der Waals surface area contributed by atoms with Crippen LogP contribution in [-0.2, 0) is 9.47 Å². The topological polar surface area (TPSA) is 51.5 Å². The van der Waals surface area contributed by atoms with Gasteiger partial charge in [-0.2, -0.15) is 5.26 Å². The number of ether oxygens (including phenoxy) is 3. The lowest BCUT2D eigenvalue weighted by molar-refractivity contribution is 0.0684. The van der Waals surface area contributed by atoms with Crippen molar-refractivity contribution in [3.63, 3.8) is 0 Å². The summed E-state index contributed by atoms with van der Waals surface area (Å²) < 4.78 is 16.3. The molecule has 0 radical (unpaired) electrons. The minimum absolute atomic E-state index is 0.527. The number of rotatable bonds is 6. The molecule has 18 heavy (non-hydrogen) atoms. The van der Waals surface area contributed by atoms with Gasteiger partial charge in [-0.05, 0) is 30.7 Å². The Morgan fingerprint density at radius 1 is 1.28 bits per heavy atom. The molecular weight excluding hydrogens is 230 g/mol. The van der Waals surface area contributed by atoms with E-state index in [4.69, 9.17) is 19.5 Å². The quantitative estimate of drug-likeness (QED) is 0.721. The number of benzene rings is 1. The van der Waals surface area contributed by atoms with Gasteiger partial charge in [0, 0.05) is 12.5 Å². The maximum Gasteiger partial charge on any atom is 0.119 e. The third-order valence-corrected chi connectivity index (χ3v) is 2.86. The molecule has 0 aliphatic carbocycles. The highest BCUT2D eigenvalue weighted by Crippen LogP contribution is 2.13. The molecule has 0 aromatic heterocycles. The summed E-state index contributed by atoms with van der Waals surface area (Å²) in [4.78, 5) is 0. The van der Waals surface area contributed by atoms with Crippen molar-refractivity contribution in [3.05, 3.63) is 29.8 Å². The molecule has 0 spiro atoms. The molecule has 4 nitrogen and oxygen atoms in total. The SMILES string of the molecule is N#Cc1ccc(OCCOCC2CCOC2)cc1. The van der Waals surface area contributed by atoms with E-state index in [1.54, 1.807) is 24.3 Å². The first-order valence-electron chi connectivity index (χ1n) is 6.17.